The molecule has 0 saturated heterocycles. The molecule has 0 aliphatic carbocycles. The van der Waals surface area contributed by atoms with E-state index in [0.717, 1.165) is 0 Å². The number of hydrogen-bond acceptors (Lipinski definition) is 8. The molecule has 2 amide bonds. The normalized spacial score (nSPS) is 10.8. The maximum absolute atomic E-state index is 12.2. The number of hydrogen-bond donors (Lipinski definition) is 4. The standard InChI is InChI=1S/C22H27N7O4/c1-29(2)13-17(30)25-15-6-4-14(5-7-15)20-19(21(23)31)22(28-27-20)26-16-8-9-24-18(12-16)33-11-10-32-3/h4-9,12H,10-11,13H2,1-3H3,(H2,23,31)(H,25,30)(H2,24,26,27,28). The molecule has 0 fully saturated rings. The molecule has 3 rings (SSSR count). The summed E-state index contributed by atoms with van der Waals surface area (Å²) in [6.45, 7) is 1.07. The molecule has 3 aromatic rings. The fraction of sp³-hybridized carbons (Fsp3) is 0.273. The molecule has 11 heteroatoms. The topological polar surface area (TPSA) is 147 Å². The van der Waals surface area contributed by atoms with E-state index in [1.54, 1.807) is 54.6 Å². The maximum Gasteiger partial charge on any atom is 0.254 e. The molecule has 5 N–H and O–H groups in total. The number of methoxy groups -OCH3 is 1. The van der Waals surface area contributed by atoms with Crippen molar-refractivity contribution in [2.24, 2.45) is 5.73 Å². The zero-order chi connectivity index (χ0) is 23.8. The second kappa shape index (κ2) is 11.1. The third kappa shape index (κ3) is 6.51. The lowest BCUT2D eigenvalue weighted by Crippen LogP contribution is -2.27. The predicted octanol–water partition coefficient (Wildman–Crippen LogP) is 1.84. The first-order chi connectivity index (χ1) is 15.9. The third-order valence-electron chi connectivity index (χ3n) is 4.46. The van der Waals surface area contributed by atoms with Gasteiger partial charge in [-0.25, -0.2) is 4.98 Å². The van der Waals surface area contributed by atoms with Crippen LogP contribution in [0, 0.1) is 0 Å². The van der Waals surface area contributed by atoms with Crippen molar-refractivity contribution in [3.63, 3.8) is 0 Å². The molecule has 0 bridgehead atoms. The Morgan fingerprint density at radius 1 is 1.12 bits per heavy atom. The Morgan fingerprint density at radius 2 is 1.88 bits per heavy atom. The Kier molecular flexibility index (Phi) is 7.95. The highest BCUT2D eigenvalue weighted by Crippen LogP contribution is 2.29. The number of ether oxygens (including phenoxy) is 2. The number of rotatable bonds is 11. The number of H-pyrrole nitrogens is 1. The number of amides is 2. The SMILES string of the molecule is COCCOc1cc(Nc2n[nH]c(-c3ccc(NC(=O)CN(C)C)cc3)c2C(N)=O)ccn1. The zero-order valence-corrected chi connectivity index (χ0v) is 18.7. The van der Waals surface area contributed by atoms with E-state index in [-0.39, 0.29) is 23.8 Å². The van der Waals surface area contributed by atoms with Crippen LogP contribution in [-0.2, 0) is 9.53 Å². The van der Waals surface area contributed by atoms with Crippen LogP contribution < -0.4 is 21.1 Å². The summed E-state index contributed by atoms with van der Waals surface area (Å²) >= 11 is 0. The minimum Gasteiger partial charge on any atom is -0.475 e. The van der Waals surface area contributed by atoms with Gasteiger partial charge in [0, 0.05) is 36.3 Å². The number of likely N-dealkylation sites (N-methyl/N-ethyl adjacent to an activating group) is 1. The van der Waals surface area contributed by atoms with Gasteiger partial charge >= 0.3 is 0 Å². The van der Waals surface area contributed by atoms with Crippen LogP contribution in [0.1, 0.15) is 10.4 Å². The number of primary amides is 1. The smallest absolute Gasteiger partial charge is 0.254 e. The van der Waals surface area contributed by atoms with E-state index in [2.05, 4.69) is 25.8 Å². The van der Waals surface area contributed by atoms with Crippen LogP contribution in [0.25, 0.3) is 11.3 Å². The average Bonchev–Trinajstić information content (AvgIpc) is 3.18. The fourth-order valence-electron chi connectivity index (χ4n) is 3.02. The highest BCUT2D eigenvalue weighted by Gasteiger charge is 2.20. The number of carbonyl (C=O) groups is 2. The van der Waals surface area contributed by atoms with E-state index in [9.17, 15) is 9.59 Å². The molecule has 11 nitrogen and oxygen atoms in total. The van der Waals surface area contributed by atoms with Gasteiger partial charge in [0.1, 0.15) is 12.2 Å². The van der Waals surface area contributed by atoms with Gasteiger partial charge in [0.15, 0.2) is 5.82 Å². The van der Waals surface area contributed by atoms with Gasteiger partial charge in [-0.15, -0.1) is 0 Å². The molecule has 33 heavy (non-hydrogen) atoms. The lowest BCUT2D eigenvalue weighted by atomic mass is 10.1. The van der Waals surface area contributed by atoms with Crippen LogP contribution in [0.2, 0.25) is 0 Å². The summed E-state index contributed by atoms with van der Waals surface area (Å²) in [5.74, 6) is -0.0907. The van der Waals surface area contributed by atoms with E-state index >= 15 is 0 Å². The van der Waals surface area contributed by atoms with Gasteiger partial charge in [-0.05, 0) is 32.3 Å². The minimum absolute atomic E-state index is 0.124. The summed E-state index contributed by atoms with van der Waals surface area (Å²) in [6, 6.07) is 10.4. The van der Waals surface area contributed by atoms with Crippen LogP contribution >= 0.6 is 0 Å². The van der Waals surface area contributed by atoms with Crippen molar-refractivity contribution in [3.8, 4) is 17.1 Å². The number of aromatic nitrogens is 3. The molecule has 2 heterocycles. The van der Waals surface area contributed by atoms with Crippen molar-refractivity contribution in [1.29, 1.82) is 0 Å². The van der Waals surface area contributed by atoms with Crippen molar-refractivity contribution in [1.82, 2.24) is 20.1 Å². The number of pyridine rings is 1. The molecule has 0 radical (unpaired) electrons. The predicted molar refractivity (Wildman–Crippen MR) is 125 cm³/mol. The summed E-state index contributed by atoms with van der Waals surface area (Å²) < 4.78 is 10.5. The van der Waals surface area contributed by atoms with Gasteiger partial charge in [0.05, 0.1) is 18.8 Å². The van der Waals surface area contributed by atoms with Crippen molar-refractivity contribution in [2.45, 2.75) is 0 Å². The first-order valence-corrected chi connectivity index (χ1v) is 10.2. The molecular formula is C22H27N7O4. The number of anilines is 3. The van der Waals surface area contributed by atoms with Crippen LogP contribution in [0.15, 0.2) is 42.6 Å². The molecule has 0 atom stereocenters. The van der Waals surface area contributed by atoms with E-state index in [1.807, 2.05) is 14.1 Å². The molecule has 174 valence electrons. The van der Waals surface area contributed by atoms with Crippen molar-refractivity contribution < 1.29 is 19.1 Å². The Bertz CT molecular complexity index is 1100. The molecule has 0 spiro atoms. The average molecular weight is 454 g/mol. The van der Waals surface area contributed by atoms with Crippen LogP contribution in [0.3, 0.4) is 0 Å². The summed E-state index contributed by atoms with van der Waals surface area (Å²) in [4.78, 5) is 30.1. The van der Waals surface area contributed by atoms with Crippen molar-refractivity contribution in [3.05, 3.63) is 48.2 Å². The summed E-state index contributed by atoms with van der Waals surface area (Å²) in [6.07, 6.45) is 1.57. The Labute approximate surface area is 191 Å². The molecular weight excluding hydrogens is 426 g/mol. The largest absolute Gasteiger partial charge is 0.475 e. The lowest BCUT2D eigenvalue weighted by molar-refractivity contribution is -0.116. The van der Waals surface area contributed by atoms with Crippen molar-refractivity contribution in [2.75, 3.05) is 51.6 Å². The lowest BCUT2D eigenvalue weighted by Gasteiger charge is -2.10. The number of nitrogens with two attached hydrogens (primary N) is 1. The first kappa shape index (κ1) is 23.7. The second-order valence-electron chi connectivity index (χ2n) is 7.40. The Hall–Kier alpha value is -3.96. The summed E-state index contributed by atoms with van der Waals surface area (Å²) in [7, 11) is 5.22. The van der Waals surface area contributed by atoms with Gasteiger partial charge in [0.2, 0.25) is 11.8 Å². The second-order valence-corrected chi connectivity index (χ2v) is 7.40. The Balaban J connectivity index is 1.78. The highest BCUT2D eigenvalue weighted by molar-refractivity contribution is 6.04. The maximum atomic E-state index is 12.2. The quantitative estimate of drug-likeness (QED) is 0.322. The molecule has 0 aliphatic heterocycles. The summed E-state index contributed by atoms with van der Waals surface area (Å²) in [5.41, 5.74) is 8.27. The van der Waals surface area contributed by atoms with Gasteiger partial charge in [0.25, 0.3) is 5.91 Å². The van der Waals surface area contributed by atoms with Gasteiger partial charge in [-0.3, -0.25) is 14.7 Å². The Morgan fingerprint density at radius 3 is 2.55 bits per heavy atom. The van der Waals surface area contributed by atoms with Crippen LogP contribution in [0.4, 0.5) is 17.2 Å². The van der Waals surface area contributed by atoms with E-state index in [0.29, 0.717) is 41.7 Å². The minimum atomic E-state index is -0.643. The van der Waals surface area contributed by atoms with Gasteiger partial charge in [-0.1, -0.05) is 12.1 Å². The molecule has 0 aliphatic rings. The number of benzene rings is 1. The number of carbonyl (C=O) groups excluding carboxylic acids is 2. The van der Waals surface area contributed by atoms with Crippen LogP contribution in [0.5, 0.6) is 5.88 Å². The van der Waals surface area contributed by atoms with Gasteiger partial charge < -0.3 is 30.7 Å². The molecule has 2 aromatic heterocycles. The monoisotopic (exact) mass is 453 g/mol. The van der Waals surface area contributed by atoms with E-state index in [1.165, 1.54) is 0 Å². The zero-order valence-electron chi connectivity index (χ0n) is 18.7. The van der Waals surface area contributed by atoms with Crippen molar-refractivity contribution >= 4 is 29.0 Å². The molecule has 0 unspecified atom stereocenters. The van der Waals surface area contributed by atoms with Gasteiger partial charge in [-0.2, -0.15) is 5.10 Å². The number of nitrogens with zero attached hydrogens (tertiary/aromatic N) is 3. The molecule has 1 aromatic carbocycles. The van der Waals surface area contributed by atoms with E-state index < -0.39 is 5.91 Å². The van der Waals surface area contributed by atoms with E-state index in [4.69, 9.17) is 15.2 Å². The fourth-order valence-corrected chi connectivity index (χ4v) is 3.02. The first-order valence-electron chi connectivity index (χ1n) is 10.2. The number of nitrogens with one attached hydrogen (secondary N) is 3. The number of aromatic amines is 1. The van der Waals surface area contributed by atoms with Crippen LogP contribution in [-0.4, -0.2) is 72.9 Å². The highest BCUT2D eigenvalue weighted by atomic mass is 16.5. The third-order valence-corrected chi connectivity index (χ3v) is 4.46. The molecule has 0 saturated carbocycles. The summed E-state index contributed by atoms with van der Waals surface area (Å²) in [5, 5.41) is 13.0.